The molecule has 1 aromatic carbocycles. The Morgan fingerprint density at radius 2 is 2.11 bits per heavy atom. The number of rotatable bonds is 4. The van der Waals surface area contributed by atoms with Crippen molar-refractivity contribution in [1.29, 1.82) is 0 Å². The molecule has 4 heteroatoms. The van der Waals surface area contributed by atoms with Crippen LogP contribution in [0.15, 0.2) is 23.2 Å². The van der Waals surface area contributed by atoms with E-state index in [4.69, 9.17) is 0 Å². The zero-order valence-electron chi connectivity index (χ0n) is 12.2. The number of hydrogen-bond acceptors (Lipinski definition) is 3. The molecule has 1 aromatic rings. The normalized spacial score (nSPS) is 16.0. The highest BCUT2D eigenvalue weighted by molar-refractivity contribution is 5.90. The van der Waals surface area contributed by atoms with E-state index < -0.39 is 0 Å². The molecule has 1 unspecified atom stereocenters. The molecule has 0 aliphatic carbocycles. The molecule has 1 aliphatic rings. The highest BCUT2D eigenvalue weighted by Crippen LogP contribution is 2.24. The van der Waals surface area contributed by atoms with Gasteiger partial charge in [-0.3, -0.25) is 4.99 Å². The van der Waals surface area contributed by atoms with Gasteiger partial charge in [0.05, 0.1) is 12.6 Å². The Bertz CT molecular complexity index is 457. The van der Waals surface area contributed by atoms with Crippen molar-refractivity contribution >= 4 is 18.2 Å². The van der Waals surface area contributed by atoms with E-state index in [1.807, 2.05) is 7.05 Å². The molecule has 1 atom stereocenters. The van der Waals surface area contributed by atoms with Crippen LogP contribution < -0.4 is 5.32 Å². The van der Waals surface area contributed by atoms with E-state index in [0.717, 1.165) is 19.6 Å². The molecule has 106 valence electrons. The van der Waals surface area contributed by atoms with Gasteiger partial charge in [-0.15, -0.1) is 12.4 Å². The summed E-state index contributed by atoms with van der Waals surface area (Å²) in [6.07, 6.45) is 0. The van der Waals surface area contributed by atoms with E-state index in [-0.39, 0.29) is 18.4 Å². The molecule has 0 radical (unpaired) electrons. The van der Waals surface area contributed by atoms with E-state index in [9.17, 15) is 0 Å². The van der Waals surface area contributed by atoms with Gasteiger partial charge < -0.3 is 10.2 Å². The number of likely N-dealkylation sites (N-methyl/N-ethyl adjacent to an activating group) is 2. The fourth-order valence-electron chi connectivity index (χ4n) is 2.60. The summed E-state index contributed by atoms with van der Waals surface area (Å²) < 4.78 is 0. The van der Waals surface area contributed by atoms with Gasteiger partial charge >= 0.3 is 0 Å². The lowest BCUT2D eigenvalue weighted by atomic mass is 9.96. The van der Waals surface area contributed by atoms with Crippen molar-refractivity contribution in [1.82, 2.24) is 10.2 Å². The van der Waals surface area contributed by atoms with Crippen LogP contribution in [0.25, 0.3) is 0 Å². The minimum atomic E-state index is 0. The van der Waals surface area contributed by atoms with Gasteiger partial charge in [0.15, 0.2) is 0 Å². The van der Waals surface area contributed by atoms with Crippen LogP contribution in [0, 0.1) is 13.8 Å². The number of nitrogens with zero attached hydrogens (tertiary/aromatic N) is 2. The smallest absolute Gasteiger partial charge is 0.121 e. The zero-order chi connectivity index (χ0) is 13.1. The predicted octanol–water partition coefficient (Wildman–Crippen LogP) is 2.72. The average Bonchev–Trinajstić information content (AvgIpc) is 2.83. The van der Waals surface area contributed by atoms with Gasteiger partial charge in [-0.25, -0.2) is 0 Å². The largest absolute Gasteiger partial charge is 0.357 e. The van der Waals surface area contributed by atoms with Gasteiger partial charge in [-0.2, -0.15) is 0 Å². The number of halogens is 1. The topological polar surface area (TPSA) is 27.6 Å². The first-order valence-electron chi connectivity index (χ1n) is 6.71. The number of nitrogens with one attached hydrogen (secondary N) is 1. The molecule has 0 bridgehead atoms. The summed E-state index contributed by atoms with van der Waals surface area (Å²) in [5.41, 5.74) is 4.05. The summed E-state index contributed by atoms with van der Waals surface area (Å²) >= 11 is 0. The standard InChI is InChI=1S/C15H23N3.ClH/c1-5-18-10-9-17-15(18)14(16-4)13-8-6-7-11(2)12(13)3;/h6-8,14,16H,5,9-10H2,1-4H3;1H. The molecule has 0 fully saturated rings. The second-order valence-electron chi connectivity index (χ2n) is 4.83. The van der Waals surface area contributed by atoms with E-state index in [0.29, 0.717) is 0 Å². The first-order valence-corrected chi connectivity index (χ1v) is 6.71. The minimum absolute atomic E-state index is 0. The molecule has 0 saturated carbocycles. The Hall–Kier alpha value is -1.06. The van der Waals surface area contributed by atoms with Crippen LogP contribution in [-0.2, 0) is 0 Å². The van der Waals surface area contributed by atoms with Crippen LogP contribution in [0.3, 0.4) is 0 Å². The molecule has 1 N–H and O–H groups in total. The van der Waals surface area contributed by atoms with E-state index in [1.54, 1.807) is 0 Å². The Morgan fingerprint density at radius 3 is 2.74 bits per heavy atom. The van der Waals surface area contributed by atoms with Crippen molar-refractivity contribution < 1.29 is 0 Å². The summed E-state index contributed by atoms with van der Waals surface area (Å²) in [5, 5.41) is 3.42. The fraction of sp³-hybridized carbons (Fsp3) is 0.533. The average molecular weight is 282 g/mol. The van der Waals surface area contributed by atoms with Gasteiger partial charge in [0.25, 0.3) is 0 Å². The lowest BCUT2D eigenvalue weighted by Gasteiger charge is -2.27. The maximum absolute atomic E-state index is 4.69. The molecular formula is C15H24ClN3. The first kappa shape index (κ1) is 16.0. The Morgan fingerprint density at radius 1 is 1.37 bits per heavy atom. The van der Waals surface area contributed by atoms with E-state index in [1.165, 1.54) is 22.5 Å². The van der Waals surface area contributed by atoms with E-state index >= 15 is 0 Å². The Kier molecular flexibility index (Phi) is 5.83. The summed E-state index contributed by atoms with van der Waals surface area (Å²) in [6.45, 7) is 9.56. The lowest BCUT2D eigenvalue weighted by molar-refractivity contribution is 0.460. The van der Waals surface area contributed by atoms with Crippen LogP contribution in [-0.4, -0.2) is 37.4 Å². The van der Waals surface area contributed by atoms with Crippen molar-refractivity contribution in [2.24, 2.45) is 4.99 Å². The summed E-state index contributed by atoms with van der Waals surface area (Å²) in [5.74, 6) is 1.19. The molecule has 19 heavy (non-hydrogen) atoms. The summed E-state index contributed by atoms with van der Waals surface area (Å²) in [7, 11) is 2.02. The number of aliphatic imine (C=N–C) groups is 1. The van der Waals surface area contributed by atoms with Crippen molar-refractivity contribution in [3.05, 3.63) is 34.9 Å². The van der Waals surface area contributed by atoms with Crippen molar-refractivity contribution in [2.75, 3.05) is 26.7 Å². The quantitative estimate of drug-likeness (QED) is 0.919. The van der Waals surface area contributed by atoms with Crippen LogP contribution in [0.5, 0.6) is 0 Å². The van der Waals surface area contributed by atoms with Gasteiger partial charge in [0.1, 0.15) is 5.84 Å². The van der Waals surface area contributed by atoms with Gasteiger partial charge in [-0.05, 0) is 44.5 Å². The first-order chi connectivity index (χ1) is 8.69. The highest BCUT2D eigenvalue weighted by Gasteiger charge is 2.25. The minimum Gasteiger partial charge on any atom is -0.357 e. The molecule has 1 heterocycles. The summed E-state index contributed by atoms with van der Waals surface area (Å²) in [4.78, 5) is 7.05. The van der Waals surface area contributed by atoms with Gasteiger partial charge in [0.2, 0.25) is 0 Å². The van der Waals surface area contributed by atoms with Crippen LogP contribution in [0.4, 0.5) is 0 Å². The van der Waals surface area contributed by atoms with Gasteiger partial charge in [-0.1, -0.05) is 18.2 Å². The zero-order valence-corrected chi connectivity index (χ0v) is 13.0. The van der Waals surface area contributed by atoms with E-state index in [2.05, 4.69) is 54.2 Å². The molecular weight excluding hydrogens is 258 g/mol. The number of hydrogen-bond donors (Lipinski definition) is 1. The maximum Gasteiger partial charge on any atom is 0.121 e. The third-order valence-electron chi connectivity index (χ3n) is 3.85. The predicted molar refractivity (Wildman–Crippen MR) is 84.5 cm³/mol. The Balaban J connectivity index is 0.00000180. The molecule has 0 amide bonds. The van der Waals surface area contributed by atoms with Crippen molar-refractivity contribution in [3.63, 3.8) is 0 Å². The fourth-order valence-corrected chi connectivity index (χ4v) is 2.60. The Labute approximate surface area is 122 Å². The highest BCUT2D eigenvalue weighted by atomic mass is 35.5. The summed E-state index contributed by atoms with van der Waals surface area (Å²) in [6, 6.07) is 6.72. The van der Waals surface area contributed by atoms with Crippen molar-refractivity contribution in [2.45, 2.75) is 26.8 Å². The lowest BCUT2D eigenvalue weighted by Crippen LogP contribution is -2.37. The molecule has 2 rings (SSSR count). The number of aryl methyl sites for hydroxylation is 1. The van der Waals surface area contributed by atoms with Crippen molar-refractivity contribution in [3.8, 4) is 0 Å². The molecule has 0 saturated heterocycles. The van der Waals surface area contributed by atoms with Crippen LogP contribution >= 0.6 is 12.4 Å². The third kappa shape index (κ3) is 3.10. The molecule has 0 aromatic heterocycles. The second kappa shape index (κ2) is 6.92. The number of amidine groups is 1. The van der Waals surface area contributed by atoms with Crippen LogP contribution in [0.1, 0.15) is 29.7 Å². The molecule has 3 nitrogen and oxygen atoms in total. The SMILES string of the molecule is CCN1CCN=C1C(NC)c1cccc(C)c1C.Cl. The van der Waals surface area contributed by atoms with Gasteiger partial charge in [0, 0.05) is 13.1 Å². The van der Waals surface area contributed by atoms with Crippen LogP contribution in [0.2, 0.25) is 0 Å². The number of benzene rings is 1. The maximum atomic E-state index is 4.69. The third-order valence-corrected chi connectivity index (χ3v) is 3.85. The monoisotopic (exact) mass is 281 g/mol. The molecule has 0 spiro atoms. The molecule has 1 aliphatic heterocycles. The second-order valence-corrected chi connectivity index (χ2v) is 4.83.